The van der Waals surface area contributed by atoms with Crippen LogP contribution in [0.2, 0.25) is 0 Å². The van der Waals surface area contributed by atoms with E-state index < -0.39 is 6.10 Å². The third-order valence-corrected chi connectivity index (χ3v) is 4.68. The second-order valence-corrected chi connectivity index (χ2v) is 6.36. The topological polar surface area (TPSA) is 49.7 Å². The summed E-state index contributed by atoms with van der Waals surface area (Å²) < 4.78 is 5.90. The van der Waals surface area contributed by atoms with Gasteiger partial charge in [0.2, 0.25) is 0 Å². The molecule has 1 atom stereocenters. The number of benzene rings is 3. The molecule has 0 amide bonds. The number of aliphatic hydroxyl groups excluding tert-OH is 1. The van der Waals surface area contributed by atoms with Crippen molar-refractivity contribution in [1.29, 1.82) is 0 Å². The molecule has 2 bridgehead atoms. The maximum atomic E-state index is 10.1. The largest absolute Gasteiger partial charge is 0.507 e. The molecule has 0 fully saturated rings. The SMILES string of the molecule is Oc1ccccc1-c1ccc(-c2ccc3cc2OCCCC3O)cc1. The number of hydrogen-bond donors (Lipinski definition) is 2. The fourth-order valence-corrected chi connectivity index (χ4v) is 3.28. The molecule has 1 aliphatic heterocycles. The number of phenolic OH excluding ortho intramolecular Hbond substituents is 1. The fourth-order valence-electron chi connectivity index (χ4n) is 3.28. The number of hydrogen-bond acceptors (Lipinski definition) is 3. The van der Waals surface area contributed by atoms with Crippen LogP contribution in [0.3, 0.4) is 0 Å². The van der Waals surface area contributed by atoms with Crippen molar-refractivity contribution >= 4 is 0 Å². The summed E-state index contributed by atoms with van der Waals surface area (Å²) in [5.41, 5.74) is 4.76. The zero-order valence-electron chi connectivity index (χ0n) is 13.9. The number of aromatic hydroxyl groups is 1. The first-order chi connectivity index (χ1) is 12.2. The van der Waals surface area contributed by atoms with E-state index in [2.05, 4.69) is 0 Å². The molecule has 0 spiro atoms. The van der Waals surface area contributed by atoms with Gasteiger partial charge in [-0.2, -0.15) is 0 Å². The first kappa shape index (κ1) is 15.7. The summed E-state index contributed by atoms with van der Waals surface area (Å²) in [5, 5.41) is 20.2. The lowest BCUT2D eigenvalue weighted by Gasteiger charge is -2.20. The van der Waals surface area contributed by atoms with Gasteiger partial charge in [-0.25, -0.2) is 0 Å². The van der Waals surface area contributed by atoms with Crippen LogP contribution in [-0.2, 0) is 0 Å². The summed E-state index contributed by atoms with van der Waals surface area (Å²) in [6.07, 6.45) is 1.16. The van der Waals surface area contributed by atoms with Crippen LogP contribution in [0.15, 0.2) is 66.7 Å². The lowest BCUT2D eigenvalue weighted by Crippen LogP contribution is -2.07. The van der Waals surface area contributed by atoms with Gasteiger partial charge in [-0.15, -0.1) is 0 Å². The molecule has 3 heteroatoms. The molecule has 25 heavy (non-hydrogen) atoms. The number of aliphatic hydroxyl groups is 1. The monoisotopic (exact) mass is 332 g/mol. The van der Waals surface area contributed by atoms with Gasteiger partial charge >= 0.3 is 0 Å². The van der Waals surface area contributed by atoms with Crippen molar-refractivity contribution in [2.24, 2.45) is 0 Å². The number of phenols is 1. The van der Waals surface area contributed by atoms with Gasteiger partial charge in [-0.3, -0.25) is 0 Å². The zero-order chi connectivity index (χ0) is 17.2. The van der Waals surface area contributed by atoms with Crippen LogP contribution in [0.4, 0.5) is 0 Å². The molecule has 0 aromatic heterocycles. The maximum Gasteiger partial charge on any atom is 0.127 e. The van der Waals surface area contributed by atoms with Crippen molar-refractivity contribution in [2.75, 3.05) is 6.61 Å². The van der Waals surface area contributed by atoms with Crippen LogP contribution < -0.4 is 4.74 Å². The molecule has 3 aromatic carbocycles. The van der Waals surface area contributed by atoms with Gasteiger partial charge in [0.05, 0.1) is 12.7 Å². The average molecular weight is 332 g/mol. The molecule has 0 aliphatic carbocycles. The minimum Gasteiger partial charge on any atom is -0.507 e. The highest BCUT2D eigenvalue weighted by molar-refractivity contribution is 5.76. The Bertz CT molecular complexity index is 884. The van der Waals surface area contributed by atoms with Crippen molar-refractivity contribution < 1.29 is 14.9 Å². The second-order valence-electron chi connectivity index (χ2n) is 6.36. The number of fused-ring (bicyclic) bond motifs is 2. The number of para-hydroxylation sites is 1. The van der Waals surface area contributed by atoms with Crippen LogP contribution in [0.25, 0.3) is 22.3 Å². The third kappa shape index (κ3) is 3.11. The number of rotatable bonds is 2. The maximum absolute atomic E-state index is 10.1. The van der Waals surface area contributed by atoms with Crippen LogP contribution in [0.1, 0.15) is 24.5 Å². The molecule has 3 aromatic rings. The molecule has 2 N–H and O–H groups in total. The Morgan fingerprint density at radius 2 is 1.56 bits per heavy atom. The van der Waals surface area contributed by atoms with Crippen molar-refractivity contribution in [3.05, 3.63) is 72.3 Å². The van der Waals surface area contributed by atoms with Gasteiger partial charge in [-0.1, -0.05) is 54.6 Å². The van der Waals surface area contributed by atoms with E-state index in [0.29, 0.717) is 6.61 Å². The average Bonchev–Trinajstić information content (AvgIpc) is 2.64. The van der Waals surface area contributed by atoms with E-state index in [0.717, 1.165) is 46.4 Å². The molecule has 4 rings (SSSR count). The van der Waals surface area contributed by atoms with Gasteiger partial charge in [-0.05, 0) is 41.7 Å². The highest BCUT2D eigenvalue weighted by Crippen LogP contribution is 2.36. The summed E-state index contributed by atoms with van der Waals surface area (Å²) >= 11 is 0. The van der Waals surface area contributed by atoms with Gasteiger partial charge in [0, 0.05) is 11.1 Å². The zero-order valence-corrected chi connectivity index (χ0v) is 13.9. The fraction of sp³-hybridized carbons (Fsp3) is 0.182. The molecule has 0 saturated heterocycles. The Labute approximate surface area is 147 Å². The van der Waals surface area contributed by atoms with Gasteiger partial charge in [0.1, 0.15) is 11.5 Å². The van der Waals surface area contributed by atoms with Gasteiger partial charge < -0.3 is 14.9 Å². The standard InChI is InChI=1S/C22H20O3/c23-20-6-3-13-25-22-14-17(20)11-12-19(22)16-9-7-15(8-10-16)18-4-1-2-5-21(18)24/h1-2,4-5,7-12,14,20,23-24H,3,6,13H2. The second kappa shape index (κ2) is 6.61. The molecular formula is C22H20O3. The van der Waals surface area contributed by atoms with Crippen LogP contribution in [0.5, 0.6) is 11.5 Å². The minimum absolute atomic E-state index is 0.278. The summed E-state index contributed by atoms with van der Waals surface area (Å²) in [6.45, 7) is 0.615. The lowest BCUT2D eigenvalue weighted by atomic mass is 9.96. The van der Waals surface area contributed by atoms with E-state index in [9.17, 15) is 10.2 Å². The quantitative estimate of drug-likeness (QED) is 0.699. The smallest absolute Gasteiger partial charge is 0.127 e. The molecule has 0 saturated carbocycles. The van der Waals surface area contributed by atoms with E-state index in [1.54, 1.807) is 6.07 Å². The van der Waals surface area contributed by atoms with Crippen molar-refractivity contribution in [1.82, 2.24) is 0 Å². The Morgan fingerprint density at radius 1 is 0.840 bits per heavy atom. The van der Waals surface area contributed by atoms with Crippen LogP contribution >= 0.6 is 0 Å². The summed E-state index contributed by atoms with van der Waals surface area (Å²) in [5.74, 6) is 1.09. The Morgan fingerprint density at radius 3 is 2.32 bits per heavy atom. The van der Waals surface area contributed by atoms with Crippen LogP contribution in [0, 0.1) is 0 Å². The van der Waals surface area contributed by atoms with Gasteiger partial charge in [0.15, 0.2) is 0 Å². The predicted octanol–water partition coefficient (Wildman–Crippen LogP) is 4.93. The van der Waals surface area contributed by atoms with Crippen molar-refractivity contribution in [2.45, 2.75) is 18.9 Å². The molecule has 3 nitrogen and oxygen atoms in total. The highest BCUT2D eigenvalue weighted by atomic mass is 16.5. The molecule has 0 radical (unpaired) electrons. The van der Waals surface area contributed by atoms with E-state index in [-0.39, 0.29) is 5.75 Å². The minimum atomic E-state index is -0.417. The Hall–Kier alpha value is -2.78. The highest BCUT2D eigenvalue weighted by Gasteiger charge is 2.16. The summed E-state index contributed by atoms with van der Waals surface area (Å²) in [7, 11) is 0. The third-order valence-electron chi connectivity index (χ3n) is 4.68. The van der Waals surface area contributed by atoms with Crippen LogP contribution in [-0.4, -0.2) is 16.8 Å². The molecular weight excluding hydrogens is 312 g/mol. The first-order valence-corrected chi connectivity index (χ1v) is 8.56. The molecule has 1 heterocycles. The molecule has 1 aliphatic rings. The lowest BCUT2D eigenvalue weighted by molar-refractivity contribution is 0.149. The van der Waals surface area contributed by atoms with Gasteiger partial charge in [0.25, 0.3) is 0 Å². The predicted molar refractivity (Wildman–Crippen MR) is 98.7 cm³/mol. The Balaban J connectivity index is 1.70. The van der Waals surface area contributed by atoms with Crippen molar-refractivity contribution in [3.63, 3.8) is 0 Å². The van der Waals surface area contributed by atoms with E-state index in [4.69, 9.17) is 4.74 Å². The van der Waals surface area contributed by atoms with Crippen molar-refractivity contribution in [3.8, 4) is 33.8 Å². The number of ether oxygens (including phenoxy) is 1. The summed E-state index contributed by atoms with van der Waals surface area (Å²) in [6, 6.07) is 21.3. The Kier molecular flexibility index (Phi) is 4.16. The molecule has 126 valence electrons. The molecule has 1 unspecified atom stereocenters. The first-order valence-electron chi connectivity index (χ1n) is 8.56. The van der Waals surface area contributed by atoms with E-state index >= 15 is 0 Å². The van der Waals surface area contributed by atoms with E-state index in [1.807, 2.05) is 60.7 Å². The summed E-state index contributed by atoms with van der Waals surface area (Å²) in [4.78, 5) is 0. The normalized spacial score (nSPS) is 16.6. The van der Waals surface area contributed by atoms with E-state index in [1.165, 1.54) is 0 Å².